The van der Waals surface area contributed by atoms with Crippen LogP contribution in [-0.2, 0) is 0 Å². The second-order valence-electron chi connectivity index (χ2n) is 2.23. The van der Waals surface area contributed by atoms with Crippen molar-refractivity contribution in [2.24, 2.45) is 4.99 Å². The van der Waals surface area contributed by atoms with Crippen LogP contribution in [0.4, 0.5) is 0 Å². The summed E-state index contributed by atoms with van der Waals surface area (Å²) in [6.45, 7) is 7.07. The maximum atomic E-state index is 4.17. The predicted molar refractivity (Wildman–Crippen MR) is 65.5 cm³/mol. The van der Waals surface area contributed by atoms with Crippen LogP contribution in [0.1, 0.15) is 0 Å². The van der Waals surface area contributed by atoms with Crippen LogP contribution >= 0.6 is 21.6 Å². The molecular weight excluding hydrogens is 212 g/mol. The average Bonchev–Trinajstić information content (AvgIpc) is 2.25. The zero-order valence-corrected chi connectivity index (χ0v) is 9.22. The molecule has 0 aliphatic carbocycles. The van der Waals surface area contributed by atoms with Crippen LogP contribution in [0.15, 0.2) is 58.2 Å². The molecule has 0 aromatic carbocycles. The quantitative estimate of drug-likeness (QED) is 0.433. The topological polar surface area (TPSA) is 25.2 Å². The highest BCUT2D eigenvalue weighted by molar-refractivity contribution is 8.78. The molecule has 0 amide bonds. The van der Waals surface area contributed by atoms with Gasteiger partial charge in [-0.1, -0.05) is 18.7 Å². The molecule has 1 aromatic rings. The fraction of sp³-hybridized carbons (Fsp3) is 0. The second kappa shape index (κ2) is 6.45. The molecule has 1 heterocycles. The third-order valence-electron chi connectivity index (χ3n) is 1.27. The Kier molecular flexibility index (Phi) is 5.11. The molecule has 1 aromatic heterocycles. The van der Waals surface area contributed by atoms with Gasteiger partial charge in [-0.15, -0.1) is 0 Å². The molecular formula is C10H10N2S2. The van der Waals surface area contributed by atoms with Gasteiger partial charge in [-0.3, -0.25) is 4.99 Å². The van der Waals surface area contributed by atoms with Crippen molar-refractivity contribution in [3.8, 4) is 0 Å². The van der Waals surface area contributed by atoms with E-state index in [1.165, 1.54) is 10.8 Å². The number of aliphatic imine (C=N–C) groups is 1. The van der Waals surface area contributed by atoms with Crippen molar-refractivity contribution in [2.75, 3.05) is 0 Å². The molecule has 0 saturated heterocycles. The van der Waals surface area contributed by atoms with Gasteiger partial charge in [-0.05, 0) is 46.5 Å². The Morgan fingerprint density at radius 2 is 2.36 bits per heavy atom. The van der Waals surface area contributed by atoms with Crippen LogP contribution in [0.25, 0.3) is 0 Å². The zero-order chi connectivity index (χ0) is 10.2. The lowest BCUT2D eigenvalue weighted by Crippen LogP contribution is -1.73. The van der Waals surface area contributed by atoms with Crippen molar-refractivity contribution >= 4 is 28.3 Å². The molecule has 0 radical (unpaired) electrons. The lowest BCUT2D eigenvalue weighted by atomic mass is 10.5. The van der Waals surface area contributed by atoms with E-state index < -0.39 is 0 Å². The van der Waals surface area contributed by atoms with Gasteiger partial charge in [0.2, 0.25) is 0 Å². The minimum atomic E-state index is 0.829. The summed E-state index contributed by atoms with van der Waals surface area (Å²) in [4.78, 5) is 8.02. The predicted octanol–water partition coefficient (Wildman–Crippen LogP) is 3.55. The van der Waals surface area contributed by atoms with Gasteiger partial charge in [0.1, 0.15) is 10.1 Å². The summed E-state index contributed by atoms with van der Waals surface area (Å²) in [5.41, 5.74) is 0. The van der Waals surface area contributed by atoms with Crippen molar-refractivity contribution in [2.45, 2.75) is 5.03 Å². The third kappa shape index (κ3) is 3.81. The summed E-state index contributed by atoms with van der Waals surface area (Å²) < 4.78 is 0. The molecule has 0 unspecified atom stereocenters. The van der Waals surface area contributed by atoms with Gasteiger partial charge in [0.25, 0.3) is 0 Å². The van der Waals surface area contributed by atoms with E-state index in [2.05, 4.69) is 23.3 Å². The number of nitrogens with zero attached hydrogens (tertiary/aromatic N) is 2. The Labute approximate surface area is 91.6 Å². The van der Waals surface area contributed by atoms with Crippen molar-refractivity contribution < 1.29 is 0 Å². The Morgan fingerprint density at radius 3 is 2.93 bits per heavy atom. The first-order chi connectivity index (χ1) is 6.86. The zero-order valence-electron chi connectivity index (χ0n) is 7.59. The minimum absolute atomic E-state index is 0.829. The second-order valence-corrected chi connectivity index (χ2v) is 4.40. The fourth-order valence-corrected chi connectivity index (χ4v) is 2.44. The van der Waals surface area contributed by atoms with Gasteiger partial charge in [-0.2, -0.15) is 0 Å². The van der Waals surface area contributed by atoms with Gasteiger partial charge >= 0.3 is 0 Å². The first kappa shape index (κ1) is 11.1. The maximum absolute atomic E-state index is 4.17. The molecule has 14 heavy (non-hydrogen) atoms. The number of hydrogen-bond acceptors (Lipinski definition) is 4. The van der Waals surface area contributed by atoms with Crippen LogP contribution < -0.4 is 0 Å². The summed E-state index contributed by atoms with van der Waals surface area (Å²) in [7, 11) is 3.06. The SMILES string of the molecule is C=C/C=C(\N=C)SSc1ccccn1. The Hall–Kier alpha value is -1.00. The van der Waals surface area contributed by atoms with E-state index in [9.17, 15) is 0 Å². The highest BCUT2D eigenvalue weighted by Crippen LogP contribution is 2.35. The maximum Gasteiger partial charge on any atom is 0.107 e. The number of allylic oxidation sites excluding steroid dienone is 2. The monoisotopic (exact) mass is 222 g/mol. The largest absolute Gasteiger partial charge is 0.257 e. The normalized spacial score (nSPS) is 11.0. The molecule has 0 saturated carbocycles. The van der Waals surface area contributed by atoms with E-state index >= 15 is 0 Å². The summed E-state index contributed by atoms with van der Waals surface area (Å²) in [6.07, 6.45) is 5.27. The van der Waals surface area contributed by atoms with Gasteiger partial charge in [0.15, 0.2) is 0 Å². The molecule has 0 spiro atoms. The van der Waals surface area contributed by atoms with Crippen molar-refractivity contribution in [3.63, 3.8) is 0 Å². The van der Waals surface area contributed by atoms with E-state index in [1.807, 2.05) is 24.3 Å². The van der Waals surface area contributed by atoms with Gasteiger partial charge < -0.3 is 0 Å². The third-order valence-corrected chi connectivity index (χ3v) is 3.47. The molecule has 0 aliphatic heterocycles. The first-order valence-electron chi connectivity index (χ1n) is 3.92. The van der Waals surface area contributed by atoms with E-state index in [0.29, 0.717) is 0 Å². The number of aromatic nitrogens is 1. The van der Waals surface area contributed by atoms with Gasteiger partial charge in [0.05, 0.1) is 0 Å². The fourth-order valence-electron chi connectivity index (χ4n) is 0.689. The summed E-state index contributed by atoms with van der Waals surface area (Å²) >= 11 is 0. The minimum Gasteiger partial charge on any atom is -0.257 e. The number of hydrogen-bond donors (Lipinski definition) is 0. The van der Waals surface area contributed by atoms with Crippen LogP contribution in [0, 0.1) is 0 Å². The molecule has 0 aliphatic rings. The Bertz CT molecular complexity index is 333. The molecule has 72 valence electrons. The summed E-state index contributed by atoms with van der Waals surface area (Å²) in [5.74, 6) is 0. The van der Waals surface area contributed by atoms with Crippen molar-refractivity contribution in [1.82, 2.24) is 4.98 Å². The molecule has 2 nitrogen and oxygen atoms in total. The van der Waals surface area contributed by atoms with Crippen molar-refractivity contribution in [1.29, 1.82) is 0 Å². The molecule has 1 rings (SSSR count). The lowest BCUT2D eigenvalue weighted by Gasteiger charge is -1.98. The van der Waals surface area contributed by atoms with Crippen molar-refractivity contribution in [3.05, 3.63) is 48.2 Å². The first-order valence-corrected chi connectivity index (χ1v) is 6.07. The average molecular weight is 222 g/mol. The standard InChI is InChI=1S/C10H10N2S2/c1-3-6-9(11-2)13-14-10-7-4-5-8-12-10/h3-8H,1-2H2/b9-6+. The smallest absolute Gasteiger partial charge is 0.107 e. The van der Waals surface area contributed by atoms with Crippen LogP contribution in [-0.4, -0.2) is 11.7 Å². The van der Waals surface area contributed by atoms with Crippen LogP contribution in [0.5, 0.6) is 0 Å². The number of rotatable bonds is 5. The highest BCUT2D eigenvalue weighted by atomic mass is 33.1. The van der Waals surface area contributed by atoms with E-state index in [1.54, 1.807) is 23.1 Å². The molecule has 0 N–H and O–H groups in total. The van der Waals surface area contributed by atoms with Gasteiger partial charge in [0, 0.05) is 6.20 Å². The Balaban J connectivity index is 2.52. The van der Waals surface area contributed by atoms with Crippen LogP contribution in [0.3, 0.4) is 0 Å². The lowest BCUT2D eigenvalue weighted by molar-refractivity contribution is 1.14. The van der Waals surface area contributed by atoms with E-state index in [0.717, 1.165) is 10.1 Å². The van der Waals surface area contributed by atoms with Gasteiger partial charge in [-0.25, -0.2) is 4.98 Å². The Morgan fingerprint density at radius 1 is 1.50 bits per heavy atom. The summed E-state index contributed by atoms with van der Waals surface area (Å²) in [6, 6.07) is 5.79. The van der Waals surface area contributed by atoms with E-state index in [-0.39, 0.29) is 0 Å². The van der Waals surface area contributed by atoms with E-state index in [4.69, 9.17) is 0 Å². The molecule has 0 fully saturated rings. The van der Waals surface area contributed by atoms with Crippen LogP contribution in [0.2, 0.25) is 0 Å². The molecule has 4 heteroatoms. The highest BCUT2D eigenvalue weighted by Gasteiger charge is 1.97. The summed E-state index contributed by atoms with van der Waals surface area (Å²) in [5, 5.41) is 1.78. The number of pyridine rings is 1. The molecule has 0 atom stereocenters. The molecule has 0 bridgehead atoms.